The molecule has 1 fully saturated rings. The van der Waals surface area contributed by atoms with Gasteiger partial charge in [0.25, 0.3) is 0 Å². The summed E-state index contributed by atoms with van der Waals surface area (Å²) < 4.78 is 61.0. The predicted molar refractivity (Wildman–Crippen MR) is 140 cm³/mol. The molecule has 0 saturated carbocycles. The minimum atomic E-state index is -4.83. The highest BCUT2D eigenvalue weighted by atomic mass is 32.1. The van der Waals surface area contributed by atoms with Gasteiger partial charge in [0.15, 0.2) is 3.95 Å². The molecule has 4 rings (SSSR count). The third kappa shape index (κ3) is 6.49. The lowest BCUT2D eigenvalue weighted by molar-refractivity contribution is -0.140. The molecule has 1 amide bonds. The van der Waals surface area contributed by atoms with E-state index in [1.54, 1.807) is 24.3 Å². The number of ether oxygens (including phenoxy) is 1. The number of alkyl halides is 3. The van der Waals surface area contributed by atoms with Gasteiger partial charge in [-0.1, -0.05) is 30.3 Å². The topological polar surface area (TPSA) is 80.7 Å². The van der Waals surface area contributed by atoms with Crippen LogP contribution in [0.2, 0.25) is 0 Å². The van der Waals surface area contributed by atoms with Crippen molar-refractivity contribution in [2.75, 3.05) is 32.8 Å². The molecule has 3 aromatic rings. The first-order valence-corrected chi connectivity index (χ1v) is 13.0. The number of rotatable bonds is 8. The van der Waals surface area contributed by atoms with Crippen LogP contribution < -0.4 is 5.73 Å². The molecular formula is C26H25F4N3O3S2. The van der Waals surface area contributed by atoms with E-state index < -0.39 is 23.5 Å². The minimum absolute atomic E-state index is 0.00748. The van der Waals surface area contributed by atoms with Gasteiger partial charge in [-0.2, -0.15) is 13.2 Å². The molecule has 2 heterocycles. The Morgan fingerprint density at radius 1 is 1.16 bits per heavy atom. The second kappa shape index (κ2) is 11.8. The molecule has 6 nitrogen and oxygen atoms in total. The van der Waals surface area contributed by atoms with Crippen LogP contribution in [0.3, 0.4) is 0 Å². The Kier molecular flexibility index (Phi) is 8.66. The molecule has 12 heteroatoms. The quantitative estimate of drug-likeness (QED) is 0.280. The maximum Gasteiger partial charge on any atom is 0.419 e. The van der Waals surface area contributed by atoms with E-state index in [9.17, 15) is 27.5 Å². The van der Waals surface area contributed by atoms with E-state index >= 15 is 0 Å². The van der Waals surface area contributed by atoms with Gasteiger partial charge < -0.3 is 15.6 Å². The molecule has 0 aliphatic carbocycles. The van der Waals surface area contributed by atoms with Gasteiger partial charge in [-0.25, -0.2) is 4.39 Å². The Morgan fingerprint density at radius 2 is 1.87 bits per heavy atom. The van der Waals surface area contributed by atoms with Crippen LogP contribution in [-0.4, -0.2) is 53.3 Å². The number of hydrogen-bond acceptors (Lipinski definition) is 6. The van der Waals surface area contributed by atoms with Crippen molar-refractivity contribution < 1.29 is 32.2 Å². The summed E-state index contributed by atoms with van der Waals surface area (Å²) in [5.74, 6) is -2.00. The highest BCUT2D eigenvalue weighted by Crippen LogP contribution is 2.39. The fourth-order valence-corrected chi connectivity index (χ4v) is 5.53. The van der Waals surface area contributed by atoms with Crippen LogP contribution in [0.5, 0.6) is 5.88 Å². The summed E-state index contributed by atoms with van der Waals surface area (Å²) in [6, 6.07) is 9.67. The summed E-state index contributed by atoms with van der Waals surface area (Å²) in [7, 11) is 0. The number of aromatic nitrogens is 1. The standard InChI is InChI=1S/C26H25F4N3O3S2/c27-21-5-4-17(15-20(21)26(28,29)30)16-2-1-3-18(14-16)19(6-8-32-10-12-36-13-11-32)23-24(35)33(25(37)38-23)9-7-22(31)34/h1-6,14-15,35H,7-13H2,(H2,31,34). The van der Waals surface area contributed by atoms with Crippen molar-refractivity contribution in [3.05, 3.63) is 74.3 Å². The molecule has 0 unspecified atom stereocenters. The number of nitrogens with two attached hydrogens (primary N) is 1. The van der Waals surface area contributed by atoms with Gasteiger partial charge in [-0.15, -0.1) is 11.3 Å². The van der Waals surface area contributed by atoms with Crippen molar-refractivity contribution in [2.24, 2.45) is 5.73 Å². The highest BCUT2D eigenvalue weighted by molar-refractivity contribution is 7.73. The third-order valence-corrected chi connectivity index (χ3v) is 7.60. The zero-order valence-electron chi connectivity index (χ0n) is 20.1. The molecular weight excluding hydrogens is 542 g/mol. The molecule has 2 aromatic carbocycles. The summed E-state index contributed by atoms with van der Waals surface area (Å²) in [5.41, 5.74) is 5.82. The first kappa shape index (κ1) is 28.0. The molecule has 1 saturated heterocycles. The molecule has 1 aromatic heterocycles. The minimum Gasteiger partial charge on any atom is -0.493 e. The average molecular weight is 568 g/mol. The van der Waals surface area contributed by atoms with Gasteiger partial charge >= 0.3 is 6.18 Å². The zero-order chi connectivity index (χ0) is 27.4. The van der Waals surface area contributed by atoms with Crippen molar-refractivity contribution in [1.29, 1.82) is 0 Å². The number of aromatic hydroxyl groups is 1. The number of thiazole rings is 1. The van der Waals surface area contributed by atoms with Crippen molar-refractivity contribution >= 4 is 35.0 Å². The van der Waals surface area contributed by atoms with Gasteiger partial charge in [-0.3, -0.25) is 14.3 Å². The molecule has 3 N–H and O–H groups in total. The fourth-order valence-electron chi connectivity index (χ4n) is 4.13. The summed E-state index contributed by atoms with van der Waals surface area (Å²) in [4.78, 5) is 13.9. The lowest BCUT2D eigenvalue weighted by Gasteiger charge is -2.25. The van der Waals surface area contributed by atoms with Crippen LogP contribution in [-0.2, 0) is 22.3 Å². The van der Waals surface area contributed by atoms with Gasteiger partial charge in [0.2, 0.25) is 11.8 Å². The number of benzene rings is 2. The molecule has 38 heavy (non-hydrogen) atoms. The first-order valence-electron chi connectivity index (χ1n) is 11.7. The van der Waals surface area contributed by atoms with Gasteiger partial charge in [-0.05, 0) is 47.1 Å². The zero-order valence-corrected chi connectivity index (χ0v) is 21.8. The number of primary amides is 1. The number of nitrogens with zero attached hydrogens (tertiary/aromatic N) is 2. The van der Waals surface area contributed by atoms with Crippen LogP contribution in [0.1, 0.15) is 22.4 Å². The molecule has 0 spiro atoms. The molecule has 0 atom stereocenters. The van der Waals surface area contributed by atoms with Gasteiger partial charge in [0.05, 0.1) is 23.7 Å². The van der Waals surface area contributed by atoms with E-state index in [0.717, 1.165) is 36.6 Å². The van der Waals surface area contributed by atoms with E-state index in [-0.39, 0.29) is 24.4 Å². The van der Waals surface area contributed by atoms with E-state index in [4.69, 9.17) is 22.7 Å². The normalized spacial score (nSPS) is 15.1. The van der Waals surface area contributed by atoms with Crippen LogP contribution in [0.4, 0.5) is 17.6 Å². The Bertz CT molecular complexity index is 1410. The Morgan fingerprint density at radius 3 is 2.55 bits per heavy atom. The van der Waals surface area contributed by atoms with Crippen molar-refractivity contribution in [2.45, 2.75) is 19.1 Å². The Hall–Kier alpha value is -3.06. The summed E-state index contributed by atoms with van der Waals surface area (Å²) in [6.07, 6.45) is -2.91. The van der Waals surface area contributed by atoms with Crippen molar-refractivity contribution in [3.8, 4) is 17.0 Å². The van der Waals surface area contributed by atoms with E-state index in [1.807, 2.05) is 6.08 Å². The van der Waals surface area contributed by atoms with E-state index in [2.05, 4.69) is 4.90 Å². The molecule has 1 aliphatic heterocycles. The lowest BCUT2D eigenvalue weighted by atomic mass is 9.96. The van der Waals surface area contributed by atoms with Crippen molar-refractivity contribution in [3.63, 3.8) is 0 Å². The highest BCUT2D eigenvalue weighted by Gasteiger charge is 2.34. The summed E-state index contributed by atoms with van der Waals surface area (Å²) in [6.45, 7) is 3.28. The summed E-state index contributed by atoms with van der Waals surface area (Å²) in [5, 5.41) is 11.0. The van der Waals surface area contributed by atoms with E-state index in [1.165, 1.54) is 10.6 Å². The Labute approximate surface area is 225 Å². The Balaban J connectivity index is 1.78. The largest absolute Gasteiger partial charge is 0.493 e. The monoisotopic (exact) mass is 567 g/mol. The maximum atomic E-state index is 13.9. The first-order chi connectivity index (χ1) is 18.0. The maximum absolute atomic E-state index is 13.9. The summed E-state index contributed by atoms with van der Waals surface area (Å²) >= 11 is 6.59. The number of carbonyl (C=O) groups excluding carboxylic acids is 1. The predicted octanol–water partition coefficient (Wildman–Crippen LogP) is 5.45. The van der Waals surface area contributed by atoms with Crippen LogP contribution in [0.25, 0.3) is 16.7 Å². The number of hydrogen-bond donors (Lipinski definition) is 2. The number of halogens is 4. The second-order valence-corrected chi connectivity index (χ2v) is 10.3. The molecule has 0 bridgehead atoms. The number of amides is 1. The average Bonchev–Trinajstić information content (AvgIpc) is 3.16. The third-order valence-electron chi connectivity index (χ3n) is 6.13. The number of morpholine rings is 1. The number of carbonyl (C=O) groups is 1. The molecule has 1 aliphatic rings. The van der Waals surface area contributed by atoms with Gasteiger partial charge in [0.1, 0.15) is 5.82 Å². The molecule has 202 valence electrons. The molecule has 0 radical (unpaired) electrons. The van der Waals surface area contributed by atoms with Crippen LogP contribution in [0, 0.1) is 9.77 Å². The van der Waals surface area contributed by atoms with Gasteiger partial charge in [0, 0.05) is 38.2 Å². The van der Waals surface area contributed by atoms with E-state index in [0.29, 0.717) is 45.3 Å². The lowest BCUT2D eigenvalue weighted by Crippen LogP contribution is -2.36. The second-order valence-electron chi connectivity index (χ2n) is 8.69. The van der Waals surface area contributed by atoms with Crippen LogP contribution in [0.15, 0.2) is 48.5 Å². The van der Waals surface area contributed by atoms with Crippen molar-refractivity contribution in [1.82, 2.24) is 9.47 Å². The SMILES string of the molecule is NC(=O)CCn1c(O)c(C(=CCN2CCOCC2)c2cccc(-c3ccc(F)c(C(F)(F)F)c3)c2)sc1=S. The fraction of sp³-hybridized carbons (Fsp3) is 0.308. The smallest absolute Gasteiger partial charge is 0.419 e. The van der Waals surface area contributed by atoms with Crippen LogP contribution >= 0.6 is 23.6 Å².